The molecule has 7 heavy (non-hydrogen) atoms. The van der Waals surface area contributed by atoms with Crippen molar-refractivity contribution < 1.29 is 5.11 Å². The lowest BCUT2D eigenvalue weighted by atomic mass is 10.5. The molecule has 0 heterocycles. The van der Waals surface area contributed by atoms with E-state index in [0.717, 1.165) is 11.5 Å². The third-order valence-corrected chi connectivity index (χ3v) is 1.51. The number of hydrogen-bond donors (Lipinski definition) is 1. The average molecular weight is 119 g/mol. The number of aliphatic hydroxyl groups excluding tert-OH is 1. The third kappa shape index (κ3) is 6.31. The minimum atomic E-state index is -0.174. The van der Waals surface area contributed by atoms with Gasteiger partial charge in [0.25, 0.3) is 0 Å². The van der Waals surface area contributed by atoms with Crippen LogP contribution in [0.3, 0.4) is 0 Å². The first-order chi connectivity index (χ1) is 3.27. The van der Waals surface area contributed by atoms with E-state index in [-0.39, 0.29) is 6.10 Å². The fourth-order valence-electron chi connectivity index (χ4n) is 0.254. The van der Waals surface area contributed by atoms with Crippen molar-refractivity contribution >= 4 is 11.8 Å². The predicted octanol–water partition coefficient (Wildman–Crippen LogP) is 0.934. The predicted molar refractivity (Wildman–Crippen MR) is 34.4 cm³/mol. The van der Waals surface area contributed by atoms with Crippen LogP contribution in [-0.4, -0.2) is 22.7 Å². The lowest BCUT2D eigenvalue weighted by molar-refractivity contribution is 0.220. The molecule has 1 radical (unpaired) electrons. The van der Waals surface area contributed by atoms with Gasteiger partial charge in [0.05, 0.1) is 6.10 Å². The van der Waals surface area contributed by atoms with E-state index in [0.29, 0.717) is 0 Å². The van der Waals surface area contributed by atoms with E-state index in [2.05, 4.69) is 6.92 Å². The van der Waals surface area contributed by atoms with Gasteiger partial charge in [0.2, 0.25) is 0 Å². The van der Waals surface area contributed by atoms with Gasteiger partial charge in [0.15, 0.2) is 0 Å². The molecule has 0 saturated carbocycles. The molecular formula is C5H11OS. The summed E-state index contributed by atoms with van der Waals surface area (Å²) >= 11 is 1.66. The van der Waals surface area contributed by atoms with E-state index >= 15 is 0 Å². The van der Waals surface area contributed by atoms with Crippen LogP contribution in [0.2, 0.25) is 0 Å². The highest BCUT2D eigenvalue weighted by Crippen LogP contribution is 1.99. The monoisotopic (exact) mass is 119 g/mol. The smallest absolute Gasteiger partial charge is 0.0602 e. The zero-order valence-corrected chi connectivity index (χ0v) is 5.37. The van der Waals surface area contributed by atoms with Crippen LogP contribution in [0.4, 0.5) is 0 Å². The minimum absolute atomic E-state index is 0.174. The summed E-state index contributed by atoms with van der Waals surface area (Å²) in [6, 6.07) is 0. The highest BCUT2D eigenvalue weighted by Gasteiger charge is 1.90. The molecule has 0 aliphatic heterocycles. The van der Waals surface area contributed by atoms with Crippen LogP contribution < -0.4 is 0 Å². The van der Waals surface area contributed by atoms with Crippen LogP contribution in [0, 0.1) is 6.92 Å². The summed E-state index contributed by atoms with van der Waals surface area (Å²) in [5.74, 6) is 1.66. The fourth-order valence-corrected chi connectivity index (χ4v) is 0.762. The molecule has 1 atom stereocenters. The van der Waals surface area contributed by atoms with Gasteiger partial charge < -0.3 is 5.11 Å². The minimum Gasteiger partial charge on any atom is -0.393 e. The van der Waals surface area contributed by atoms with Crippen molar-refractivity contribution in [2.45, 2.75) is 13.0 Å². The zero-order valence-electron chi connectivity index (χ0n) is 4.55. The Morgan fingerprint density at radius 2 is 2.43 bits per heavy atom. The first-order valence-electron chi connectivity index (χ1n) is 2.32. The first-order valence-corrected chi connectivity index (χ1v) is 3.48. The largest absolute Gasteiger partial charge is 0.393 e. The summed E-state index contributed by atoms with van der Waals surface area (Å²) in [6.45, 7) is 5.39. The van der Waals surface area contributed by atoms with E-state index in [1.807, 2.05) is 0 Å². The second kappa shape index (κ2) is 4.47. The number of thioether (sulfide) groups is 1. The fraction of sp³-hybridized carbons (Fsp3) is 0.800. The van der Waals surface area contributed by atoms with E-state index < -0.39 is 0 Å². The molecule has 0 aromatic heterocycles. The maximum absolute atomic E-state index is 8.63. The lowest BCUT2D eigenvalue weighted by Gasteiger charge is -1.98. The molecule has 0 aromatic carbocycles. The van der Waals surface area contributed by atoms with Crippen LogP contribution in [0.25, 0.3) is 0 Å². The van der Waals surface area contributed by atoms with Crippen molar-refractivity contribution in [3.05, 3.63) is 6.92 Å². The Bertz CT molecular complexity index is 37.1. The van der Waals surface area contributed by atoms with Crippen molar-refractivity contribution in [3.63, 3.8) is 0 Å². The zero-order chi connectivity index (χ0) is 5.70. The molecular weight excluding hydrogens is 108 g/mol. The Balaban J connectivity index is 2.68. The van der Waals surface area contributed by atoms with E-state index in [1.54, 1.807) is 18.7 Å². The molecule has 0 fully saturated rings. The molecule has 0 aromatic rings. The van der Waals surface area contributed by atoms with Crippen LogP contribution in [-0.2, 0) is 0 Å². The third-order valence-electron chi connectivity index (χ3n) is 0.503. The van der Waals surface area contributed by atoms with Gasteiger partial charge >= 0.3 is 0 Å². The van der Waals surface area contributed by atoms with Crippen LogP contribution in [0.5, 0.6) is 0 Å². The lowest BCUT2D eigenvalue weighted by Crippen LogP contribution is -2.02. The highest BCUT2D eigenvalue weighted by molar-refractivity contribution is 7.99. The van der Waals surface area contributed by atoms with Crippen molar-refractivity contribution in [2.75, 3.05) is 11.5 Å². The van der Waals surface area contributed by atoms with Gasteiger partial charge in [-0.1, -0.05) is 0 Å². The molecule has 0 amide bonds. The summed E-state index contributed by atoms with van der Waals surface area (Å²) in [4.78, 5) is 0. The van der Waals surface area contributed by atoms with Crippen LogP contribution in [0.1, 0.15) is 6.92 Å². The van der Waals surface area contributed by atoms with Gasteiger partial charge in [-0.3, -0.25) is 0 Å². The highest BCUT2D eigenvalue weighted by atomic mass is 32.2. The van der Waals surface area contributed by atoms with Gasteiger partial charge in [-0.2, -0.15) is 11.8 Å². The van der Waals surface area contributed by atoms with Crippen molar-refractivity contribution in [1.82, 2.24) is 0 Å². The summed E-state index contributed by atoms with van der Waals surface area (Å²) in [5.41, 5.74) is 0. The summed E-state index contributed by atoms with van der Waals surface area (Å²) in [5, 5.41) is 8.63. The topological polar surface area (TPSA) is 20.2 Å². The average Bonchev–Trinajstić information content (AvgIpc) is 1.61. The maximum Gasteiger partial charge on any atom is 0.0602 e. The SMILES string of the molecule is [CH2]CSCC(C)O. The standard InChI is InChI=1S/C5H11OS/c1-3-7-4-5(2)6/h5-6H,1,3-4H2,2H3. The van der Waals surface area contributed by atoms with E-state index in [1.165, 1.54) is 0 Å². The molecule has 0 aliphatic rings. The Labute approximate surface area is 49.1 Å². The van der Waals surface area contributed by atoms with Crippen molar-refractivity contribution in [2.24, 2.45) is 0 Å². The van der Waals surface area contributed by atoms with E-state index in [9.17, 15) is 0 Å². The summed E-state index contributed by atoms with van der Waals surface area (Å²) in [6.07, 6.45) is -0.174. The molecule has 0 saturated heterocycles. The van der Waals surface area contributed by atoms with Crippen molar-refractivity contribution in [3.8, 4) is 0 Å². The van der Waals surface area contributed by atoms with Gasteiger partial charge in [-0.25, -0.2) is 0 Å². The quantitative estimate of drug-likeness (QED) is 0.596. The maximum atomic E-state index is 8.63. The summed E-state index contributed by atoms with van der Waals surface area (Å²) in [7, 11) is 0. The number of aliphatic hydroxyl groups is 1. The van der Waals surface area contributed by atoms with Crippen LogP contribution >= 0.6 is 11.8 Å². The molecule has 43 valence electrons. The van der Waals surface area contributed by atoms with Gasteiger partial charge in [0, 0.05) is 5.75 Å². The number of hydrogen-bond acceptors (Lipinski definition) is 2. The Hall–Kier alpha value is 0.310. The van der Waals surface area contributed by atoms with Crippen LogP contribution in [0.15, 0.2) is 0 Å². The second-order valence-electron chi connectivity index (χ2n) is 1.42. The Morgan fingerprint density at radius 1 is 1.86 bits per heavy atom. The second-order valence-corrected chi connectivity index (χ2v) is 2.57. The van der Waals surface area contributed by atoms with Crippen molar-refractivity contribution in [1.29, 1.82) is 0 Å². The molecule has 0 bridgehead atoms. The summed E-state index contributed by atoms with van der Waals surface area (Å²) < 4.78 is 0. The number of rotatable bonds is 3. The Kier molecular flexibility index (Phi) is 4.67. The molecule has 0 spiro atoms. The first kappa shape index (κ1) is 7.31. The molecule has 1 nitrogen and oxygen atoms in total. The van der Waals surface area contributed by atoms with E-state index in [4.69, 9.17) is 5.11 Å². The molecule has 1 unspecified atom stereocenters. The normalized spacial score (nSPS) is 14.1. The molecule has 0 rings (SSSR count). The van der Waals surface area contributed by atoms with Gasteiger partial charge in [-0.15, -0.1) is 0 Å². The Morgan fingerprint density at radius 3 is 2.57 bits per heavy atom. The van der Waals surface area contributed by atoms with Gasteiger partial charge in [-0.05, 0) is 19.6 Å². The molecule has 1 N–H and O–H groups in total. The van der Waals surface area contributed by atoms with Gasteiger partial charge in [0.1, 0.15) is 0 Å². The molecule has 0 aliphatic carbocycles. The molecule has 2 heteroatoms.